The summed E-state index contributed by atoms with van der Waals surface area (Å²) in [4.78, 5) is 0. The average Bonchev–Trinajstić information content (AvgIpc) is 2.19. The molecule has 0 atom stereocenters. The second-order valence-electron chi connectivity index (χ2n) is 4.54. The van der Waals surface area contributed by atoms with Crippen molar-refractivity contribution < 1.29 is 0 Å². The van der Waals surface area contributed by atoms with Crippen LogP contribution in [0.5, 0.6) is 0 Å². The molecule has 1 fully saturated rings. The first-order valence-electron chi connectivity index (χ1n) is 5.92. The van der Waals surface area contributed by atoms with Crippen molar-refractivity contribution in [3.05, 3.63) is 0 Å². The largest absolute Gasteiger partial charge is 0.0925 e. The predicted octanol–water partition coefficient (Wildman–Crippen LogP) is 4.21. The van der Waals surface area contributed by atoms with Crippen molar-refractivity contribution in [1.82, 2.24) is 0 Å². The smallest absolute Gasteiger partial charge is 0.0368 e. The molecule has 1 aliphatic heterocycles. The molecular formula is C11H23BrSi. The molecule has 78 valence electrons. The molecule has 13 heavy (non-hydrogen) atoms. The Kier molecular flexibility index (Phi) is 6.38. The van der Waals surface area contributed by atoms with Gasteiger partial charge in [0.05, 0.1) is 0 Å². The van der Waals surface area contributed by atoms with E-state index >= 15 is 0 Å². The van der Waals surface area contributed by atoms with Gasteiger partial charge in [0.25, 0.3) is 0 Å². The number of alkyl halides is 1. The van der Waals surface area contributed by atoms with Gasteiger partial charge in [0.2, 0.25) is 0 Å². The molecule has 1 rings (SSSR count). The minimum absolute atomic E-state index is 0.231. The highest BCUT2D eigenvalue weighted by atomic mass is 79.9. The van der Waals surface area contributed by atoms with Gasteiger partial charge in [0.1, 0.15) is 0 Å². The topological polar surface area (TPSA) is 0 Å². The van der Waals surface area contributed by atoms with Gasteiger partial charge < -0.3 is 0 Å². The lowest BCUT2D eigenvalue weighted by atomic mass is 10.1. The lowest BCUT2D eigenvalue weighted by Crippen LogP contribution is -2.21. The first kappa shape index (κ1) is 11.8. The van der Waals surface area contributed by atoms with E-state index in [1.807, 2.05) is 0 Å². The molecule has 1 aliphatic rings. The predicted molar refractivity (Wildman–Crippen MR) is 67.6 cm³/mol. The van der Waals surface area contributed by atoms with Crippen molar-refractivity contribution in [2.75, 3.05) is 5.33 Å². The van der Waals surface area contributed by atoms with E-state index in [1.54, 1.807) is 18.1 Å². The molecule has 2 heteroatoms. The minimum Gasteiger partial charge on any atom is -0.0925 e. The highest BCUT2D eigenvalue weighted by Gasteiger charge is 2.20. The zero-order chi connectivity index (χ0) is 9.52. The molecule has 0 radical (unpaired) electrons. The number of unbranched alkanes of at least 4 members (excludes halogenated alkanes) is 2. The molecule has 1 heterocycles. The Morgan fingerprint density at radius 1 is 1.23 bits per heavy atom. The molecule has 0 bridgehead atoms. The highest BCUT2D eigenvalue weighted by molar-refractivity contribution is 9.09. The summed E-state index contributed by atoms with van der Waals surface area (Å²) in [6.45, 7) is 2.31. The van der Waals surface area contributed by atoms with Crippen molar-refractivity contribution in [2.45, 2.75) is 57.2 Å². The Hall–Kier alpha value is 0.697. The lowest BCUT2D eigenvalue weighted by molar-refractivity contribution is 0.527. The van der Waals surface area contributed by atoms with Crippen molar-refractivity contribution >= 4 is 24.7 Å². The molecule has 0 aromatic carbocycles. The first-order valence-corrected chi connectivity index (χ1v) is 9.49. The summed E-state index contributed by atoms with van der Waals surface area (Å²) in [7, 11) is -0.231. The van der Waals surface area contributed by atoms with Crippen molar-refractivity contribution in [1.29, 1.82) is 0 Å². The number of rotatable bonds is 5. The van der Waals surface area contributed by atoms with Gasteiger partial charge >= 0.3 is 0 Å². The van der Waals surface area contributed by atoms with Crippen LogP contribution in [0.1, 0.15) is 39.0 Å². The number of halogens is 1. The summed E-state index contributed by atoms with van der Waals surface area (Å²) in [6, 6.07) is 4.92. The fraction of sp³-hybridized carbons (Fsp3) is 1.00. The SMILES string of the molecule is CCCCC[Si@H]1CC[C@H](CBr)CC1. The normalized spacial score (nSPS) is 29.1. The fourth-order valence-corrected chi connectivity index (χ4v) is 6.62. The molecule has 0 aromatic rings. The van der Waals surface area contributed by atoms with Gasteiger partial charge in [0.15, 0.2) is 0 Å². The first-order chi connectivity index (χ1) is 6.36. The van der Waals surface area contributed by atoms with Gasteiger partial charge in [-0.3, -0.25) is 0 Å². The third-order valence-corrected chi connectivity index (χ3v) is 7.84. The molecule has 0 aromatic heterocycles. The Bertz CT molecular complexity index is 117. The summed E-state index contributed by atoms with van der Waals surface area (Å²) in [5.74, 6) is 1.02. The third-order valence-electron chi connectivity index (χ3n) is 3.40. The van der Waals surface area contributed by atoms with Crippen LogP contribution < -0.4 is 0 Å². The molecule has 0 amide bonds. The van der Waals surface area contributed by atoms with E-state index < -0.39 is 0 Å². The van der Waals surface area contributed by atoms with E-state index in [0.29, 0.717) is 0 Å². The van der Waals surface area contributed by atoms with Gasteiger partial charge in [-0.15, -0.1) is 0 Å². The van der Waals surface area contributed by atoms with Crippen LogP contribution >= 0.6 is 15.9 Å². The zero-order valence-corrected chi connectivity index (χ0v) is 11.6. The average molecular weight is 263 g/mol. The Labute approximate surface area is 93.2 Å². The van der Waals surface area contributed by atoms with E-state index in [1.165, 1.54) is 37.4 Å². The maximum absolute atomic E-state index is 3.61. The lowest BCUT2D eigenvalue weighted by Gasteiger charge is -2.26. The molecule has 0 saturated carbocycles. The van der Waals surface area contributed by atoms with Crippen molar-refractivity contribution in [3.8, 4) is 0 Å². The van der Waals surface area contributed by atoms with Gasteiger partial charge in [-0.1, -0.05) is 73.1 Å². The van der Waals surface area contributed by atoms with Crippen LogP contribution in [0.3, 0.4) is 0 Å². The van der Waals surface area contributed by atoms with E-state index in [2.05, 4.69) is 22.9 Å². The van der Waals surface area contributed by atoms with E-state index in [-0.39, 0.29) is 8.80 Å². The van der Waals surface area contributed by atoms with Crippen LogP contribution in [0.2, 0.25) is 18.1 Å². The van der Waals surface area contributed by atoms with Gasteiger partial charge in [0, 0.05) is 14.1 Å². The summed E-state index contributed by atoms with van der Waals surface area (Å²) in [5.41, 5.74) is 0. The van der Waals surface area contributed by atoms with Gasteiger partial charge in [-0.25, -0.2) is 0 Å². The molecule has 0 N–H and O–H groups in total. The Morgan fingerprint density at radius 2 is 1.92 bits per heavy atom. The zero-order valence-electron chi connectivity index (χ0n) is 8.90. The molecule has 0 aliphatic carbocycles. The highest BCUT2D eigenvalue weighted by Crippen LogP contribution is 2.29. The molecule has 0 nitrogen and oxygen atoms in total. The molecule has 0 spiro atoms. The van der Waals surface area contributed by atoms with Crippen LogP contribution in [0.25, 0.3) is 0 Å². The van der Waals surface area contributed by atoms with Gasteiger partial charge in [-0.2, -0.15) is 0 Å². The summed E-state index contributed by atoms with van der Waals surface area (Å²) in [6.07, 6.45) is 7.48. The third kappa shape index (κ3) is 4.64. The fourth-order valence-electron chi connectivity index (χ4n) is 2.36. The van der Waals surface area contributed by atoms with E-state index in [9.17, 15) is 0 Å². The monoisotopic (exact) mass is 262 g/mol. The second-order valence-corrected chi connectivity index (χ2v) is 8.65. The second kappa shape index (κ2) is 7.05. The van der Waals surface area contributed by atoms with E-state index in [4.69, 9.17) is 0 Å². The van der Waals surface area contributed by atoms with Gasteiger partial charge in [-0.05, 0) is 5.92 Å². The molecule has 0 unspecified atom stereocenters. The summed E-state index contributed by atoms with van der Waals surface area (Å²) < 4.78 is 0. The maximum atomic E-state index is 3.61. The quantitative estimate of drug-likeness (QED) is 0.396. The van der Waals surface area contributed by atoms with E-state index in [0.717, 1.165) is 5.92 Å². The Balaban J connectivity index is 2.03. The number of hydrogen-bond donors (Lipinski definition) is 0. The van der Waals surface area contributed by atoms with Crippen LogP contribution in [-0.4, -0.2) is 14.1 Å². The summed E-state index contributed by atoms with van der Waals surface area (Å²) in [5, 5.41) is 1.25. The van der Waals surface area contributed by atoms with Crippen molar-refractivity contribution in [2.24, 2.45) is 5.92 Å². The van der Waals surface area contributed by atoms with Crippen LogP contribution in [0.15, 0.2) is 0 Å². The van der Waals surface area contributed by atoms with Crippen LogP contribution in [0.4, 0.5) is 0 Å². The molecular weight excluding hydrogens is 240 g/mol. The number of hydrogen-bond acceptors (Lipinski definition) is 0. The maximum Gasteiger partial charge on any atom is 0.0368 e. The van der Waals surface area contributed by atoms with Crippen LogP contribution in [-0.2, 0) is 0 Å². The summed E-state index contributed by atoms with van der Waals surface area (Å²) >= 11 is 3.61. The Morgan fingerprint density at radius 3 is 2.46 bits per heavy atom. The minimum atomic E-state index is -0.231. The van der Waals surface area contributed by atoms with Crippen LogP contribution in [0, 0.1) is 5.92 Å². The molecule has 1 saturated heterocycles. The van der Waals surface area contributed by atoms with Crippen molar-refractivity contribution in [3.63, 3.8) is 0 Å². The standard InChI is InChI=1S/C11H23BrSi/c1-2-3-4-7-13-8-5-11(10-12)6-9-13/h11,13H,2-10H2,1H3/t11-,13-.